The van der Waals surface area contributed by atoms with Crippen LogP contribution in [0.1, 0.15) is 316 Å². The summed E-state index contributed by atoms with van der Waals surface area (Å²) in [7, 11) is -9.79. The predicted molar refractivity (Wildman–Crippen MR) is 408 cm³/mol. The van der Waals surface area contributed by atoms with Gasteiger partial charge >= 0.3 is 33.6 Å². The van der Waals surface area contributed by atoms with E-state index in [-0.39, 0.29) is 19.3 Å². The van der Waals surface area contributed by atoms with Crippen LogP contribution < -0.4 is 0 Å². The first-order chi connectivity index (χ1) is 48.2. The lowest BCUT2D eigenvalue weighted by atomic mass is 10.0. The maximum Gasteiger partial charge on any atom is 0.472 e. The number of allylic oxidation sites excluding steroid dienone is 20. The van der Waals surface area contributed by atoms with Crippen LogP contribution in [0.25, 0.3) is 0 Å². The molecule has 0 spiro atoms. The summed E-state index contributed by atoms with van der Waals surface area (Å²) in [5.74, 6) is -1.65. The second kappa shape index (κ2) is 73.7. The Morgan fingerprint density at radius 2 is 0.556 bits per heavy atom. The fraction of sp³-hybridized carbons (Fsp3) is 0.716. The first kappa shape index (κ1) is 94.9. The van der Waals surface area contributed by atoms with E-state index in [1.807, 2.05) is 12.2 Å². The molecular formula is C81H140O16P2. The van der Waals surface area contributed by atoms with Gasteiger partial charge in [-0.3, -0.25) is 32.5 Å². The number of phosphoric ester groups is 2. The maximum atomic E-state index is 12.9. The van der Waals surface area contributed by atoms with Gasteiger partial charge in [0.05, 0.1) is 26.4 Å². The lowest BCUT2D eigenvalue weighted by Gasteiger charge is -2.21. The van der Waals surface area contributed by atoms with E-state index in [9.17, 15) is 43.5 Å². The van der Waals surface area contributed by atoms with Crippen molar-refractivity contribution in [2.75, 3.05) is 39.6 Å². The molecule has 4 N–H and O–H groups in total. The maximum absolute atomic E-state index is 12.9. The molecule has 0 aliphatic heterocycles. The molecule has 0 fully saturated rings. The van der Waals surface area contributed by atoms with Crippen molar-refractivity contribution in [3.8, 4) is 0 Å². The molecule has 99 heavy (non-hydrogen) atoms. The molecule has 0 heterocycles. The number of esters is 3. The van der Waals surface area contributed by atoms with Gasteiger partial charge in [0.15, 0.2) is 6.10 Å². The quantitative estimate of drug-likeness (QED) is 0.0146. The summed E-state index contributed by atoms with van der Waals surface area (Å²) in [6.45, 7) is 2.42. The Labute approximate surface area is 602 Å². The number of aliphatic hydroxyl groups excluding tert-OH is 2. The molecule has 0 saturated heterocycles. The minimum Gasteiger partial charge on any atom is -0.463 e. The van der Waals surface area contributed by atoms with Gasteiger partial charge in [-0.15, -0.1) is 0 Å². The van der Waals surface area contributed by atoms with Crippen LogP contribution in [0.3, 0.4) is 0 Å². The normalized spacial score (nSPS) is 14.7. The number of carbonyl (C=O) groups excluding carboxylic acids is 3. The average Bonchev–Trinajstić information content (AvgIpc) is 1.14. The predicted octanol–water partition coefficient (Wildman–Crippen LogP) is 22.5. The van der Waals surface area contributed by atoms with Gasteiger partial charge in [-0.1, -0.05) is 296 Å². The van der Waals surface area contributed by atoms with Crippen LogP contribution in [0, 0.1) is 0 Å². The molecule has 18 heteroatoms. The lowest BCUT2D eigenvalue weighted by molar-refractivity contribution is -0.161. The molecule has 0 aromatic heterocycles. The highest BCUT2D eigenvalue weighted by Gasteiger charge is 2.29. The van der Waals surface area contributed by atoms with Crippen molar-refractivity contribution in [2.24, 2.45) is 0 Å². The summed E-state index contributed by atoms with van der Waals surface area (Å²) in [5, 5.41) is 20.6. The summed E-state index contributed by atoms with van der Waals surface area (Å²) in [6.07, 6.45) is 87.3. The highest BCUT2D eigenvalue weighted by molar-refractivity contribution is 7.47. The molecule has 16 nitrogen and oxygen atoms in total. The van der Waals surface area contributed by atoms with Crippen LogP contribution in [0.5, 0.6) is 0 Å². The van der Waals surface area contributed by atoms with Crippen molar-refractivity contribution >= 4 is 33.6 Å². The Hall–Kier alpha value is -4.05. The molecule has 0 aromatic rings. The third-order valence-electron chi connectivity index (χ3n) is 16.1. The first-order valence-corrected chi connectivity index (χ1v) is 41.8. The van der Waals surface area contributed by atoms with Crippen LogP contribution in [0.15, 0.2) is 122 Å². The zero-order valence-electron chi connectivity index (χ0n) is 62.1. The van der Waals surface area contributed by atoms with E-state index in [4.69, 9.17) is 32.3 Å². The number of hydrogen-bond donors (Lipinski definition) is 4. The number of carbonyl (C=O) groups is 3. The Balaban J connectivity index is 4.33. The van der Waals surface area contributed by atoms with Crippen molar-refractivity contribution in [3.05, 3.63) is 122 Å². The van der Waals surface area contributed by atoms with E-state index < -0.39 is 91.5 Å². The van der Waals surface area contributed by atoms with Gasteiger partial charge in [0.25, 0.3) is 0 Å². The van der Waals surface area contributed by atoms with Crippen LogP contribution in [0.4, 0.5) is 0 Å². The van der Waals surface area contributed by atoms with Crippen molar-refractivity contribution in [1.82, 2.24) is 0 Å². The van der Waals surface area contributed by atoms with E-state index in [1.165, 1.54) is 141 Å². The average molecular weight is 1430 g/mol. The fourth-order valence-electron chi connectivity index (χ4n) is 10.2. The van der Waals surface area contributed by atoms with Crippen molar-refractivity contribution in [3.63, 3.8) is 0 Å². The first-order valence-electron chi connectivity index (χ1n) is 38.8. The summed E-state index contributed by atoms with van der Waals surface area (Å²) in [5.41, 5.74) is 0. The molecule has 0 aromatic carbocycles. The number of phosphoric acid groups is 2. The standard InChI is InChI=1S/C81H140O16P2/c1-4-7-10-13-16-19-22-24-26-28-29-30-31-32-33-34-35-36-37-38-39-40-41-42-43-44-45-47-49-50-53-55-58-61-64-67-79(84)91-70-76(82)71-93-98(87,88)94-72-77(83)73-95-99(89,90)96-75-78(97-81(86)69-66-63-60-57-52-21-18-15-12-9-6-3)74-92-80(85)68-65-62-59-56-54-51-48-46-27-25-23-20-17-14-11-8-5-2/h8,11,15-20,24-27,29-30,32-33,48,51,56,59,76-78,82-83H,4-7,9-10,12-14,21-23,28,31,34-47,49-50,52-55,57-58,60-75H2,1-3H3,(H,87,88)(H,89,90)/b11-8-,18-15-,19-16-,20-17-,26-24-,27-25-,30-29-,33-32-,51-48-,59-56-. The molecule has 5 unspecified atom stereocenters. The highest BCUT2D eigenvalue weighted by atomic mass is 31.2. The molecule has 0 radical (unpaired) electrons. The SMILES string of the molecule is CC/C=C\C/C=C\C/C=C\C/C=C\C/C=C\CCCC(=O)OCC(COP(=O)(O)OCC(O)COP(=O)(O)OCC(O)COC(=O)CCCCCCCCCCCCCCCCCCCCC/C=C\C/C=C\C/C=C\C/C=C\CCCCC)OC(=O)CCCCCCC/C=C\CCCC. The highest BCUT2D eigenvalue weighted by Crippen LogP contribution is 2.45. The van der Waals surface area contributed by atoms with E-state index in [2.05, 4.69) is 130 Å². The zero-order chi connectivity index (χ0) is 72.3. The summed E-state index contributed by atoms with van der Waals surface area (Å²) in [4.78, 5) is 58.4. The van der Waals surface area contributed by atoms with Gasteiger partial charge in [-0.05, 0) is 122 Å². The summed E-state index contributed by atoms with van der Waals surface area (Å²) >= 11 is 0. The number of ether oxygens (including phenoxy) is 3. The third kappa shape index (κ3) is 74.9. The van der Waals surface area contributed by atoms with Gasteiger partial charge in [0.1, 0.15) is 25.4 Å². The molecule has 0 bridgehead atoms. The van der Waals surface area contributed by atoms with Gasteiger partial charge < -0.3 is 34.2 Å². The fourth-order valence-corrected chi connectivity index (χ4v) is 11.8. The minimum absolute atomic E-state index is 0.0802. The second-order valence-electron chi connectivity index (χ2n) is 25.8. The van der Waals surface area contributed by atoms with Gasteiger partial charge in [-0.2, -0.15) is 0 Å². The van der Waals surface area contributed by atoms with Crippen LogP contribution in [-0.2, 0) is 55.8 Å². The Kier molecular flexibility index (Phi) is 70.7. The van der Waals surface area contributed by atoms with Crippen LogP contribution in [-0.4, -0.2) is 95.9 Å². The Morgan fingerprint density at radius 1 is 0.293 bits per heavy atom. The molecule has 5 atom stereocenters. The van der Waals surface area contributed by atoms with Gasteiger partial charge in [-0.25, -0.2) is 9.13 Å². The Bertz CT molecular complexity index is 2290. The van der Waals surface area contributed by atoms with E-state index >= 15 is 0 Å². The monoisotopic (exact) mass is 1430 g/mol. The smallest absolute Gasteiger partial charge is 0.463 e. The molecular weight excluding hydrogens is 1290 g/mol. The van der Waals surface area contributed by atoms with E-state index in [1.54, 1.807) is 0 Å². The van der Waals surface area contributed by atoms with Crippen LogP contribution in [0.2, 0.25) is 0 Å². The van der Waals surface area contributed by atoms with E-state index in [0.717, 1.165) is 109 Å². The zero-order valence-corrected chi connectivity index (χ0v) is 63.9. The number of rotatable bonds is 73. The molecule has 570 valence electrons. The van der Waals surface area contributed by atoms with Crippen molar-refractivity contribution in [1.29, 1.82) is 0 Å². The third-order valence-corrected chi connectivity index (χ3v) is 18.0. The molecule has 0 saturated carbocycles. The second-order valence-corrected chi connectivity index (χ2v) is 28.7. The van der Waals surface area contributed by atoms with Crippen LogP contribution >= 0.6 is 15.6 Å². The molecule has 0 amide bonds. The molecule has 0 aliphatic rings. The van der Waals surface area contributed by atoms with E-state index in [0.29, 0.717) is 25.7 Å². The molecule has 0 rings (SSSR count). The lowest BCUT2D eigenvalue weighted by Crippen LogP contribution is -2.30. The number of unbranched alkanes of at least 4 members (excludes halogenated alkanes) is 30. The Morgan fingerprint density at radius 3 is 0.929 bits per heavy atom. The summed E-state index contributed by atoms with van der Waals surface area (Å²) < 4.78 is 60.9. The summed E-state index contributed by atoms with van der Waals surface area (Å²) in [6, 6.07) is 0. The number of hydrogen-bond acceptors (Lipinski definition) is 14. The minimum atomic E-state index is -4.94. The van der Waals surface area contributed by atoms with Gasteiger partial charge in [0.2, 0.25) is 0 Å². The van der Waals surface area contributed by atoms with Crippen molar-refractivity contribution < 1.29 is 75.8 Å². The molecule has 0 aliphatic carbocycles. The number of aliphatic hydroxyl groups is 2. The van der Waals surface area contributed by atoms with Crippen molar-refractivity contribution in [2.45, 2.75) is 334 Å². The van der Waals surface area contributed by atoms with Gasteiger partial charge in [0, 0.05) is 19.3 Å². The largest absolute Gasteiger partial charge is 0.472 e. The topological polar surface area (TPSA) is 231 Å².